The smallest absolute Gasteiger partial charge is 0.324 e. The van der Waals surface area contributed by atoms with E-state index in [1.165, 1.54) is 11.3 Å². The fourth-order valence-electron chi connectivity index (χ4n) is 3.71. The minimum absolute atomic E-state index is 0.105. The molecule has 32 heavy (non-hydrogen) atoms. The molecule has 2 aliphatic rings. The number of carbonyl (C=O) groups is 3. The molecule has 4 amide bonds. The molecule has 0 bridgehead atoms. The number of hydrogen-bond acceptors (Lipinski definition) is 4. The molecule has 170 valence electrons. The van der Waals surface area contributed by atoms with Gasteiger partial charge in [0.15, 0.2) is 0 Å². The van der Waals surface area contributed by atoms with Crippen LogP contribution in [0.5, 0.6) is 0 Å². The molecule has 0 atom stereocenters. The highest BCUT2D eigenvalue weighted by molar-refractivity contribution is 7.16. The number of rotatable bonds is 3. The van der Waals surface area contributed by atoms with Gasteiger partial charge in [-0.3, -0.25) is 14.9 Å². The van der Waals surface area contributed by atoms with Gasteiger partial charge >= 0.3 is 6.03 Å². The van der Waals surface area contributed by atoms with Crippen LogP contribution in [0.3, 0.4) is 0 Å². The number of amides is 4. The molecule has 1 aromatic heterocycles. The largest absolute Gasteiger partial charge is 0.352 e. The lowest BCUT2D eigenvalue weighted by Gasteiger charge is -2.35. The van der Waals surface area contributed by atoms with Crippen molar-refractivity contribution in [1.29, 1.82) is 0 Å². The molecule has 0 radical (unpaired) electrons. The summed E-state index contributed by atoms with van der Waals surface area (Å²) in [6, 6.07) is 6.22. The zero-order valence-corrected chi connectivity index (χ0v) is 20.3. The van der Waals surface area contributed by atoms with Gasteiger partial charge < -0.3 is 15.5 Å². The highest BCUT2D eigenvalue weighted by Gasteiger charge is 2.58. The molecule has 1 saturated heterocycles. The standard InChI is InChI=1S/C22H24Cl2N4O3S/c1-21(2,3)15-11-12(18(29)28-10-9-25-19(30)22(28)7-8-22)17(32-15)27-20(31)26-14-6-4-5-13(23)16(14)24/h4-6,11H,7-10H2,1-3H3,(H,25,30)(H2,26,27,31). The maximum absolute atomic E-state index is 13.5. The topological polar surface area (TPSA) is 90.5 Å². The molecule has 1 aliphatic carbocycles. The third kappa shape index (κ3) is 4.19. The minimum atomic E-state index is -0.757. The lowest BCUT2D eigenvalue weighted by atomic mass is 9.94. The second-order valence-corrected chi connectivity index (χ2v) is 10.9. The summed E-state index contributed by atoms with van der Waals surface area (Å²) >= 11 is 13.5. The van der Waals surface area contributed by atoms with Crippen LogP contribution >= 0.6 is 34.5 Å². The van der Waals surface area contributed by atoms with Gasteiger partial charge in [0.1, 0.15) is 10.5 Å². The second kappa shape index (κ2) is 8.24. The second-order valence-electron chi connectivity index (χ2n) is 9.03. The normalized spacial score (nSPS) is 17.2. The summed E-state index contributed by atoms with van der Waals surface area (Å²) in [6.07, 6.45) is 1.30. The van der Waals surface area contributed by atoms with E-state index in [1.54, 1.807) is 23.1 Å². The number of hydrogen-bond donors (Lipinski definition) is 3. The first-order valence-electron chi connectivity index (χ1n) is 10.3. The molecule has 1 aliphatic heterocycles. The van der Waals surface area contributed by atoms with Crippen LogP contribution in [0.15, 0.2) is 24.3 Å². The average molecular weight is 495 g/mol. The molecular weight excluding hydrogens is 471 g/mol. The van der Waals surface area contributed by atoms with Crippen molar-refractivity contribution in [2.24, 2.45) is 0 Å². The van der Waals surface area contributed by atoms with Crippen molar-refractivity contribution in [3.63, 3.8) is 0 Å². The van der Waals surface area contributed by atoms with Crippen LogP contribution < -0.4 is 16.0 Å². The van der Waals surface area contributed by atoms with Gasteiger partial charge in [-0.05, 0) is 36.5 Å². The first-order chi connectivity index (χ1) is 15.0. The fourth-order valence-corrected chi connectivity index (χ4v) is 5.16. The Morgan fingerprint density at radius 3 is 2.56 bits per heavy atom. The molecule has 1 saturated carbocycles. The zero-order valence-electron chi connectivity index (χ0n) is 18.0. The van der Waals surface area contributed by atoms with Gasteiger partial charge in [-0.15, -0.1) is 11.3 Å². The summed E-state index contributed by atoms with van der Waals surface area (Å²) in [4.78, 5) is 41.3. The van der Waals surface area contributed by atoms with Crippen molar-refractivity contribution in [3.05, 3.63) is 44.8 Å². The predicted octanol–water partition coefficient (Wildman–Crippen LogP) is 5.10. The number of nitrogens with zero attached hydrogens (tertiary/aromatic N) is 1. The number of nitrogens with one attached hydrogen (secondary N) is 3. The summed E-state index contributed by atoms with van der Waals surface area (Å²) in [5.41, 5.74) is -0.231. The average Bonchev–Trinajstić information content (AvgIpc) is 3.38. The van der Waals surface area contributed by atoms with Crippen molar-refractivity contribution in [2.75, 3.05) is 23.7 Å². The molecule has 7 nitrogen and oxygen atoms in total. The molecule has 1 aromatic carbocycles. The lowest BCUT2D eigenvalue weighted by Crippen LogP contribution is -2.59. The summed E-state index contributed by atoms with van der Waals surface area (Å²) in [6.45, 7) is 6.98. The number of benzene rings is 1. The minimum Gasteiger partial charge on any atom is -0.352 e. The van der Waals surface area contributed by atoms with Crippen LogP contribution in [0.1, 0.15) is 48.8 Å². The number of anilines is 2. The van der Waals surface area contributed by atoms with E-state index in [0.717, 1.165) is 4.88 Å². The van der Waals surface area contributed by atoms with E-state index < -0.39 is 11.6 Å². The van der Waals surface area contributed by atoms with Gasteiger partial charge in [-0.2, -0.15) is 0 Å². The van der Waals surface area contributed by atoms with Gasteiger partial charge in [-0.25, -0.2) is 4.79 Å². The van der Waals surface area contributed by atoms with Gasteiger partial charge in [0.05, 0.1) is 21.3 Å². The Labute approximate surface area is 200 Å². The Hall–Kier alpha value is -2.29. The van der Waals surface area contributed by atoms with E-state index in [4.69, 9.17) is 23.2 Å². The molecule has 3 N–H and O–H groups in total. The Morgan fingerprint density at radius 1 is 1.19 bits per heavy atom. The fraction of sp³-hybridized carbons (Fsp3) is 0.409. The Balaban J connectivity index is 1.62. The number of piperazine rings is 1. The van der Waals surface area contributed by atoms with Gasteiger partial charge in [-0.1, -0.05) is 50.0 Å². The van der Waals surface area contributed by atoms with Crippen LogP contribution in [0.4, 0.5) is 15.5 Å². The van der Waals surface area contributed by atoms with Crippen LogP contribution in [-0.2, 0) is 10.2 Å². The Morgan fingerprint density at radius 2 is 1.91 bits per heavy atom. The van der Waals surface area contributed by atoms with Crippen LogP contribution in [0.2, 0.25) is 10.0 Å². The SMILES string of the molecule is CC(C)(C)c1cc(C(=O)N2CCNC(=O)C23CC3)c(NC(=O)Nc2cccc(Cl)c2Cl)s1. The quantitative estimate of drug-likeness (QED) is 0.554. The molecule has 2 heterocycles. The van der Waals surface area contributed by atoms with Crippen molar-refractivity contribution < 1.29 is 14.4 Å². The molecule has 10 heteroatoms. The van der Waals surface area contributed by atoms with E-state index in [9.17, 15) is 14.4 Å². The third-order valence-electron chi connectivity index (χ3n) is 5.66. The van der Waals surface area contributed by atoms with Gasteiger partial charge in [0, 0.05) is 18.0 Å². The lowest BCUT2D eigenvalue weighted by molar-refractivity contribution is -0.129. The van der Waals surface area contributed by atoms with Gasteiger partial charge in [0.25, 0.3) is 5.91 Å². The van der Waals surface area contributed by atoms with Crippen molar-refractivity contribution in [1.82, 2.24) is 10.2 Å². The van der Waals surface area contributed by atoms with E-state index in [1.807, 2.05) is 26.8 Å². The third-order valence-corrected chi connectivity index (χ3v) is 7.95. The highest BCUT2D eigenvalue weighted by Crippen LogP contribution is 2.45. The summed E-state index contributed by atoms with van der Waals surface area (Å²) in [5.74, 6) is -0.355. The summed E-state index contributed by atoms with van der Waals surface area (Å²) < 4.78 is 0. The maximum Gasteiger partial charge on any atom is 0.324 e. The molecular formula is C22H24Cl2N4O3S. The molecule has 4 rings (SSSR count). The maximum atomic E-state index is 13.5. The van der Waals surface area contributed by atoms with E-state index in [-0.39, 0.29) is 22.3 Å². The van der Waals surface area contributed by atoms with E-state index >= 15 is 0 Å². The zero-order chi connectivity index (χ0) is 23.3. The first kappa shape index (κ1) is 22.9. The van der Waals surface area contributed by atoms with E-state index in [2.05, 4.69) is 16.0 Å². The van der Waals surface area contributed by atoms with Crippen LogP contribution in [-0.4, -0.2) is 41.4 Å². The first-order valence-corrected chi connectivity index (χ1v) is 11.9. The molecule has 0 unspecified atom stereocenters. The summed E-state index contributed by atoms with van der Waals surface area (Å²) in [7, 11) is 0. The van der Waals surface area contributed by atoms with E-state index in [0.29, 0.717) is 47.2 Å². The Kier molecular flexibility index (Phi) is 5.90. The number of urea groups is 1. The Bertz CT molecular complexity index is 1110. The monoisotopic (exact) mass is 494 g/mol. The molecule has 2 aromatic rings. The highest BCUT2D eigenvalue weighted by atomic mass is 35.5. The van der Waals surface area contributed by atoms with Crippen molar-refractivity contribution in [3.8, 4) is 0 Å². The predicted molar refractivity (Wildman–Crippen MR) is 128 cm³/mol. The number of carbonyl (C=O) groups excluding carboxylic acids is 3. The molecule has 1 spiro atoms. The van der Waals surface area contributed by atoms with Crippen LogP contribution in [0, 0.1) is 0 Å². The molecule has 2 fully saturated rings. The van der Waals surface area contributed by atoms with Gasteiger partial charge in [0.2, 0.25) is 5.91 Å². The van der Waals surface area contributed by atoms with Crippen molar-refractivity contribution >= 4 is 63.1 Å². The number of halogens is 2. The van der Waals surface area contributed by atoms with Crippen LogP contribution in [0.25, 0.3) is 0 Å². The number of thiophene rings is 1. The van der Waals surface area contributed by atoms with Crippen molar-refractivity contribution in [2.45, 2.75) is 44.6 Å². The summed E-state index contributed by atoms with van der Waals surface area (Å²) in [5, 5.41) is 9.31.